The summed E-state index contributed by atoms with van der Waals surface area (Å²) in [6.07, 6.45) is 7.34. The van der Waals surface area contributed by atoms with Gasteiger partial charge in [-0.2, -0.15) is 0 Å². The van der Waals surface area contributed by atoms with E-state index >= 15 is 0 Å². The average molecular weight is 313 g/mol. The maximum atomic E-state index is 12.6. The molecule has 7 nitrogen and oxygen atoms in total. The Kier molecular flexibility index (Phi) is 4.36. The summed E-state index contributed by atoms with van der Waals surface area (Å²) in [5.74, 6) is 0. The third-order valence-corrected chi connectivity index (χ3v) is 3.81. The molecule has 1 N–H and O–H groups in total. The Balaban J connectivity index is 1.92. The van der Waals surface area contributed by atoms with Crippen molar-refractivity contribution in [1.29, 1.82) is 0 Å². The van der Waals surface area contributed by atoms with E-state index in [0.717, 1.165) is 24.8 Å². The molecule has 0 atom stereocenters. The first kappa shape index (κ1) is 15.2. The maximum absolute atomic E-state index is 12.6. The molecule has 0 aliphatic rings. The summed E-state index contributed by atoms with van der Waals surface area (Å²) in [5, 5.41) is 0. The van der Waals surface area contributed by atoms with Crippen LogP contribution in [0.1, 0.15) is 25.3 Å². The summed E-state index contributed by atoms with van der Waals surface area (Å²) < 4.78 is 2.86. The number of imidazole rings is 1. The molecule has 0 bridgehead atoms. The van der Waals surface area contributed by atoms with Gasteiger partial charge in [-0.25, -0.2) is 9.78 Å². The van der Waals surface area contributed by atoms with E-state index in [-0.39, 0.29) is 11.2 Å². The minimum absolute atomic E-state index is 0.289. The van der Waals surface area contributed by atoms with Crippen LogP contribution in [0.15, 0.2) is 40.4 Å². The average Bonchev–Trinajstić information content (AvgIpc) is 3.05. The lowest BCUT2D eigenvalue weighted by Crippen LogP contribution is -2.40. The van der Waals surface area contributed by atoms with Crippen molar-refractivity contribution in [3.05, 3.63) is 57.3 Å². The Morgan fingerprint density at radius 3 is 2.83 bits per heavy atom. The number of aromatic nitrogens is 5. The summed E-state index contributed by atoms with van der Waals surface area (Å²) >= 11 is 0. The molecule has 0 aromatic carbocycles. The van der Waals surface area contributed by atoms with Crippen LogP contribution in [0.3, 0.4) is 0 Å². The van der Waals surface area contributed by atoms with E-state index < -0.39 is 0 Å². The van der Waals surface area contributed by atoms with Gasteiger partial charge in [0.05, 0.1) is 6.33 Å². The fraction of sp³-hybridized carbons (Fsp3) is 0.375. The molecule has 0 unspecified atom stereocenters. The molecule has 0 fully saturated rings. The van der Waals surface area contributed by atoms with Crippen LogP contribution >= 0.6 is 0 Å². The first-order valence-corrected chi connectivity index (χ1v) is 7.78. The Morgan fingerprint density at radius 1 is 1.22 bits per heavy atom. The molecule has 0 aliphatic heterocycles. The zero-order valence-corrected chi connectivity index (χ0v) is 13.0. The second-order valence-corrected chi connectivity index (χ2v) is 5.46. The number of H-pyrrole nitrogens is 1. The van der Waals surface area contributed by atoms with Crippen molar-refractivity contribution >= 4 is 11.2 Å². The topological polar surface area (TPSA) is 85.6 Å². The van der Waals surface area contributed by atoms with Crippen LogP contribution in [0.25, 0.3) is 11.2 Å². The highest BCUT2D eigenvalue weighted by atomic mass is 16.2. The highest BCUT2D eigenvalue weighted by Gasteiger charge is 2.14. The highest BCUT2D eigenvalue weighted by molar-refractivity contribution is 5.68. The normalized spacial score (nSPS) is 11.2. The fourth-order valence-corrected chi connectivity index (χ4v) is 2.72. The SMILES string of the molecule is CCCn1c(=O)c2[nH]cnc2n(CCCc2cccnc2)c1=O. The Labute approximate surface area is 132 Å². The number of aryl methyl sites for hydroxylation is 2. The summed E-state index contributed by atoms with van der Waals surface area (Å²) in [4.78, 5) is 36.0. The van der Waals surface area contributed by atoms with Crippen LogP contribution in [-0.4, -0.2) is 24.1 Å². The Bertz CT molecular complexity index is 908. The van der Waals surface area contributed by atoms with Crippen LogP contribution in [0.4, 0.5) is 0 Å². The number of aromatic amines is 1. The first-order chi connectivity index (χ1) is 11.2. The monoisotopic (exact) mass is 313 g/mol. The molecule has 0 saturated carbocycles. The molecule has 23 heavy (non-hydrogen) atoms. The predicted molar refractivity (Wildman–Crippen MR) is 87.5 cm³/mol. The van der Waals surface area contributed by atoms with Crippen LogP contribution in [0.2, 0.25) is 0 Å². The molecule has 7 heteroatoms. The zero-order valence-electron chi connectivity index (χ0n) is 13.0. The van der Waals surface area contributed by atoms with Crippen molar-refractivity contribution in [2.75, 3.05) is 0 Å². The minimum Gasteiger partial charge on any atom is -0.339 e. The number of hydrogen-bond donors (Lipinski definition) is 1. The third-order valence-electron chi connectivity index (χ3n) is 3.81. The van der Waals surface area contributed by atoms with E-state index in [1.807, 2.05) is 25.3 Å². The van der Waals surface area contributed by atoms with Crippen LogP contribution in [0.5, 0.6) is 0 Å². The van der Waals surface area contributed by atoms with Gasteiger partial charge in [-0.15, -0.1) is 0 Å². The number of nitrogens with zero attached hydrogens (tertiary/aromatic N) is 4. The van der Waals surface area contributed by atoms with Crippen LogP contribution in [0, 0.1) is 0 Å². The van der Waals surface area contributed by atoms with E-state index in [9.17, 15) is 9.59 Å². The summed E-state index contributed by atoms with van der Waals surface area (Å²) in [7, 11) is 0. The summed E-state index contributed by atoms with van der Waals surface area (Å²) in [5.41, 5.74) is 1.36. The lowest BCUT2D eigenvalue weighted by atomic mass is 10.1. The first-order valence-electron chi connectivity index (χ1n) is 7.78. The van der Waals surface area contributed by atoms with Crippen molar-refractivity contribution < 1.29 is 0 Å². The van der Waals surface area contributed by atoms with Gasteiger partial charge in [0, 0.05) is 25.5 Å². The molecule has 0 aliphatic carbocycles. The van der Waals surface area contributed by atoms with Crippen LogP contribution < -0.4 is 11.2 Å². The second kappa shape index (κ2) is 6.60. The Hall–Kier alpha value is -2.70. The van der Waals surface area contributed by atoms with Gasteiger partial charge < -0.3 is 4.98 Å². The van der Waals surface area contributed by atoms with Gasteiger partial charge in [-0.1, -0.05) is 13.0 Å². The molecule has 3 aromatic rings. The van der Waals surface area contributed by atoms with Gasteiger partial charge in [-0.05, 0) is 30.9 Å². The summed E-state index contributed by atoms with van der Waals surface area (Å²) in [6, 6.07) is 3.91. The third kappa shape index (κ3) is 2.94. The van der Waals surface area contributed by atoms with Crippen molar-refractivity contribution in [1.82, 2.24) is 24.1 Å². The van der Waals surface area contributed by atoms with E-state index in [4.69, 9.17) is 0 Å². The fourth-order valence-electron chi connectivity index (χ4n) is 2.72. The smallest absolute Gasteiger partial charge is 0.332 e. The molecule has 0 amide bonds. The quantitative estimate of drug-likeness (QED) is 0.744. The highest BCUT2D eigenvalue weighted by Crippen LogP contribution is 2.06. The molecule has 0 spiro atoms. The molecular formula is C16H19N5O2. The van der Waals surface area contributed by atoms with Gasteiger partial charge >= 0.3 is 5.69 Å². The number of fused-ring (bicyclic) bond motifs is 1. The van der Waals surface area contributed by atoms with Gasteiger partial charge in [0.1, 0.15) is 5.52 Å². The van der Waals surface area contributed by atoms with Gasteiger partial charge in [-0.3, -0.25) is 18.9 Å². The molecule has 120 valence electrons. The minimum atomic E-state index is -0.298. The molecule has 3 heterocycles. The second-order valence-electron chi connectivity index (χ2n) is 5.46. The lowest BCUT2D eigenvalue weighted by Gasteiger charge is -2.10. The molecule has 0 radical (unpaired) electrons. The number of rotatable bonds is 6. The van der Waals surface area contributed by atoms with Crippen molar-refractivity contribution in [2.24, 2.45) is 0 Å². The number of pyridine rings is 1. The molecule has 0 saturated heterocycles. The predicted octanol–water partition coefficient (Wildman–Crippen LogP) is 1.32. The van der Waals surface area contributed by atoms with Gasteiger partial charge in [0.15, 0.2) is 5.65 Å². The van der Waals surface area contributed by atoms with E-state index in [2.05, 4.69) is 15.0 Å². The van der Waals surface area contributed by atoms with E-state index in [0.29, 0.717) is 24.3 Å². The van der Waals surface area contributed by atoms with E-state index in [1.165, 1.54) is 10.9 Å². The molecule has 3 aromatic heterocycles. The number of hydrogen-bond acceptors (Lipinski definition) is 4. The van der Waals surface area contributed by atoms with Crippen molar-refractivity contribution in [3.8, 4) is 0 Å². The van der Waals surface area contributed by atoms with Crippen molar-refractivity contribution in [3.63, 3.8) is 0 Å². The maximum Gasteiger partial charge on any atom is 0.332 e. The van der Waals surface area contributed by atoms with Crippen LogP contribution in [-0.2, 0) is 19.5 Å². The standard InChI is InChI=1S/C16H19N5O2/c1-2-8-21-15(22)13-14(19-11-18-13)20(16(21)23)9-4-6-12-5-3-7-17-10-12/h3,5,7,10-11H,2,4,6,8-9H2,1H3,(H,18,19). The van der Waals surface area contributed by atoms with E-state index in [1.54, 1.807) is 10.8 Å². The van der Waals surface area contributed by atoms with Gasteiger partial charge in [0.2, 0.25) is 0 Å². The van der Waals surface area contributed by atoms with Crippen molar-refractivity contribution in [2.45, 2.75) is 39.3 Å². The lowest BCUT2D eigenvalue weighted by molar-refractivity contribution is 0.546. The molecule has 3 rings (SSSR count). The van der Waals surface area contributed by atoms with Gasteiger partial charge in [0.25, 0.3) is 5.56 Å². The zero-order chi connectivity index (χ0) is 16.2. The molecular weight excluding hydrogens is 294 g/mol. The summed E-state index contributed by atoms with van der Waals surface area (Å²) in [6.45, 7) is 2.87. The largest absolute Gasteiger partial charge is 0.339 e. The Morgan fingerprint density at radius 2 is 2.09 bits per heavy atom. The number of nitrogens with one attached hydrogen (secondary N) is 1.